The van der Waals surface area contributed by atoms with Gasteiger partial charge in [0.15, 0.2) is 6.73 Å². The molecule has 0 heterocycles. The molecule has 4 nitrogen and oxygen atoms in total. The van der Waals surface area contributed by atoms with Gasteiger partial charge < -0.3 is 15.0 Å². The van der Waals surface area contributed by atoms with Crippen LogP contribution in [0.1, 0.15) is 5.56 Å². The Bertz CT molecular complexity index is 635. The average Bonchev–Trinajstić information content (AvgIpc) is 2.50. The van der Waals surface area contributed by atoms with Crippen LogP contribution in [0.4, 0.5) is 4.79 Å². The van der Waals surface area contributed by atoms with E-state index < -0.39 is 0 Å². The van der Waals surface area contributed by atoms with Gasteiger partial charge in [0.05, 0.1) is 5.02 Å². The number of hydrogen-bond donors (Lipinski definition) is 1. The lowest BCUT2D eigenvalue weighted by molar-refractivity contribution is 0.192. The number of ether oxygens (including phenoxy) is 1. The average molecular weight is 339 g/mol. The maximum absolute atomic E-state index is 12.0. The molecule has 6 heteroatoms. The first-order valence-corrected chi connectivity index (χ1v) is 7.42. The van der Waals surface area contributed by atoms with Crippen molar-refractivity contribution in [1.82, 2.24) is 10.2 Å². The highest BCUT2D eigenvalue weighted by molar-refractivity contribution is 6.35. The number of carbonyl (C=O) groups excluding carboxylic acids is 1. The molecule has 0 aliphatic heterocycles. The van der Waals surface area contributed by atoms with Crippen molar-refractivity contribution in [3.05, 3.63) is 64.1 Å². The molecule has 22 heavy (non-hydrogen) atoms. The highest BCUT2D eigenvalue weighted by Gasteiger charge is 2.09. The third-order valence-corrected chi connectivity index (χ3v) is 3.48. The van der Waals surface area contributed by atoms with E-state index in [1.165, 1.54) is 0 Å². The Morgan fingerprint density at radius 1 is 1.18 bits per heavy atom. The molecular formula is C16H16Cl2N2O2. The summed E-state index contributed by atoms with van der Waals surface area (Å²) in [5, 5.41) is 3.60. The second-order valence-corrected chi connectivity index (χ2v) is 5.53. The maximum atomic E-state index is 12.0. The smallest absolute Gasteiger partial charge is 0.320 e. The fraction of sp³-hybridized carbons (Fsp3) is 0.188. The van der Waals surface area contributed by atoms with Gasteiger partial charge in [-0.1, -0.05) is 53.5 Å². The summed E-state index contributed by atoms with van der Waals surface area (Å²) in [7, 11) is 1.72. The number of nitrogens with one attached hydrogen (secondary N) is 1. The number of hydrogen-bond acceptors (Lipinski definition) is 2. The zero-order valence-electron chi connectivity index (χ0n) is 12.1. The van der Waals surface area contributed by atoms with Crippen molar-refractivity contribution >= 4 is 29.2 Å². The summed E-state index contributed by atoms with van der Waals surface area (Å²) in [5.41, 5.74) is 1.06. The standard InChI is InChI=1S/C16H16Cl2N2O2/c1-20(10-12-5-3-2-4-6-12)16(21)19-11-22-15-8-7-13(17)9-14(15)18/h2-9H,10-11H2,1H3,(H,19,21). The molecule has 0 aliphatic rings. The molecule has 0 aliphatic carbocycles. The summed E-state index contributed by atoms with van der Waals surface area (Å²) in [5.74, 6) is 0.470. The van der Waals surface area contributed by atoms with Crippen LogP contribution in [0.2, 0.25) is 10.0 Å². The predicted octanol–water partition coefficient (Wildman–Crippen LogP) is 4.17. The van der Waals surface area contributed by atoms with E-state index in [1.807, 2.05) is 30.3 Å². The van der Waals surface area contributed by atoms with Crippen LogP contribution in [-0.4, -0.2) is 24.7 Å². The molecule has 0 spiro atoms. The van der Waals surface area contributed by atoms with Crippen LogP contribution >= 0.6 is 23.2 Å². The quantitative estimate of drug-likeness (QED) is 0.831. The lowest BCUT2D eigenvalue weighted by atomic mass is 10.2. The fourth-order valence-corrected chi connectivity index (χ4v) is 2.29. The van der Waals surface area contributed by atoms with Gasteiger partial charge in [-0.05, 0) is 23.8 Å². The molecule has 0 unspecified atom stereocenters. The Balaban J connectivity index is 1.80. The molecule has 2 aromatic rings. The molecule has 1 N–H and O–H groups in total. The zero-order valence-corrected chi connectivity index (χ0v) is 13.6. The SMILES string of the molecule is CN(Cc1ccccc1)C(=O)NCOc1ccc(Cl)cc1Cl. The number of urea groups is 1. The zero-order chi connectivity index (χ0) is 15.9. The molecule has 0 saturated heterocycles. The summed E-state index contributed by atoms with van der Waals surface area (Å²) >= 11 is 11.8. The van der Waals surface area contributed by atoms with Crippen LogP contribution < -0.4 is 10.1 Å². The van der Waals surface area contributed by atoms with Crippen molar-refractivity contribution in [2.45, 2.75) is 6.54 Å². The second-order valence-electron chi connectivity index (χ2n) is 4.69. The first kappa shape index (κ1) is 16.5. The third kappa shape index (κ3) is 4.83. The van der Waals surface area contributed by atoms with Gasteiger partial charge in [0.25, 0.3) is 0 Å². The van der Waals surface area contributed by atoms with Crippen LogP contribution in [-0.2, 0) is 6.54 Å². The minimum absolute atomic E-state index is 0.0271. The van der Waals surface area contributed by atoms with Crippen molar-refractivity contribution in [2.75, 3.05) is 13.8 Å². The van der Waals surface area contributed by atoms with E-state index in [4.69, 9.17) is 27.9 Å². The number of halogens is 2. The molecule has 2 aromatic carbocycles. The minimum atomic E-state index is -0.228. The van der Waals surface area contributed by atoms with E-state index in [1.54, 1.807) is 30.1 Å². The first-order valence-electron chi connectivity index (χ1n) is 6.67. The van der Waals surface area contributed by atoms with Gasteiger partial charge in [0.1, 0.15) is 5.75 Å². The van der Waals surface area contributed by atoms with Crippen LogP contribution in [0.5, 0.6) is 5.75 Å². The molecule has 0 fully saturated rings. The van der Waals surface area contributed by atoms with Crippen LogP contribution in [0.3, 0.4) is 0 Å². The molecule has 0 bridgehead atoms. The van der Waals surface area contributed by atoms with Gasteiger partial charge in [-0.3, -0.25) is 0 Å². The topological polar surface area (TPSA) is 41.6 Å². The van der Waals surface area contributed by atoms with Crippen molar-refractivity contribution < 1.29 is 9.53 Å². The van der Waals surface area contributed by atoms with Crippen molar-refractivity contribution in [3.8, 4) is 5.75 Å². The number of nitrogens with zero attached hydrogens (tertiary/aromatic N) is 1. The minimum Gasteiger partial charge on any atom is -0.472 e. The van der Waals surface area contributed by atoms with Crippen LogP contribution in [0.15, 0.2) is 48.5 Å². The summed E-state index contributed by atoms with van der Waals surface area (Å²) in [6.45, 7) is 0.549. The number of amides is 2. The normalized spacial score (nSPS) is 10.1. The lowest BCUT2D eigenvalue weighted by Gasteiger charge is -2.18. The van der Waals surface area contributed by atoms with Gasteiger partial charge in [0.2, 0.25) is 0 Å². The Morgan fingerprint density at radius 2 is 1.91 bits per heavy atom. The Kier molecular flexibility index (Phi) is 5.92. The predicted molar refractivity (Wildman–Crippen MR) is 88.4 cm³/mol. The molecule has 0 aromatic heterocycles. The van der Waals surface area contributed by atoms with Crippen LogP contribution in [0, 0.1) is 0 Å². The van der Waals surface area contributed by atoms with E-state index in [0.29, 0.717) is 22.3 Å². The fourth-order valence-electron chi connectivity index (χ4n) is 1.83. The Hall–Kier alpha value is -1.91. The number of rotatable bonds is 5. The van der Waals surface area contributed by atoms with Gasteiger partial charge in [-0.25, -0.2) is 4.79 Å². The molecular weight excluding hydrogens is 323 g/mol. The van der Waals surface area contributed by atoms with E-state index >= 15 is 0 Å². The largest absolute Gasteiger partial charge is 0.472 e. The van der Waals surface area contributed by atoms with Gasteiger partial charge in [-0.2, -0.15) is 0 Å². The number of carbonyl (C=O) groups is 1. The first-order chi connectivity index (χ1) is 10.6. The summed E-state index contributed by atoms with van der Waals surface area (Å²) < 4.78 is 5.41. The van der Waals surface area contributed by atoms with Gasteiger partial charge in [0, 0.05) is 18.6 Å². The van der Waals surface area contributed by atoms with E-state index in [9.17, 15) is 4.79 Å². The molecule has 2 amide bonds. The van der Waals surface area contributed by atoms with Crippen LogP contribution in [0.25, 0.3) is 0 Å². The molecule has 0 radical (unpaired) electrons. The Labute approximate surface area is 139 Å². The highest BCUT2D eigenvalue weighted by Crippen LogP contribution is 2.27. The summed E-state index contributed by atoms with van der Waals surface area (Å²) in [6.07, 6.45) is 0. The molecule has 2 rings (SSSR count). The maximum Gasteiger partial charge on any atom is 0.320 e. The second kappa shape index (κ2) is 7.92. The van der Waals surface area contributed by atoms with Crippen molar-refractivity contribution in [3.63, 3.8) is 0 Å². The van der Waals surface area contributed by atoms with Gasteiger partial charge >= 0.3 is 6.03 Å². The van der Waals surface area contributed by atoms with Crippen molar-refractivity contribution in [1.29, 1.82) is 0 Å². The summed E-state index contributed by atoms with van der Waals surface area (Å²) in [6, 6.07) is 14.4. The lowest BCUT2D eigenvalue weighted by Crippen LogP contribution is -2.38. The van der Waals surface area contributed by atoms with E-state index in [-0.39, 0.29) is 12.8 Å². The highest BCUT2D eigenvalue weighted by atomic mass is 35.5. The summed E-state index contributed by atoms with van der Waals surface area (Å²) in [4.78, 5) is 13.5. The van der Waals surface area contributed by atoms with E-state index in [0.717, 1.165) is 5.56 Å². The molecule has 116 valence electrons. The Morgan fingerprint density at radius 3 is 2.59 bits per heavy atom. The number of benzene rings is 2. The van der Waals surface area contributed by atoms with Crippen molar-refractivity contribution in [2.24, 2.45) is 0 Å². The van der Waals surface area contributed by atoms with E-state index in [2.05, 4.69) is 5.32 Å². The molecule has 0 saturated carbocycles. The molecule has 0 atom stereocenters. The van der Waals surface area contributed by atoms with Gasteiger partial charge in [-0.15, -0.1) is 0 Å². The third-order valence-electron chi connectivity index (χ3n) is 2.95. The monoisotopic (exact) mass is 338 g/mol.